The molecule has 0 aromatic carbocycles. The van der Waals surface area contributed by atoms with Crippen LogP contribution in [0.25, 0.3) is 0 Å². The second-order valence-electron chi connectivity index (χ2n) is 10.3. The lowest BCUT2D eigenvalue weighted by Gasteiger charge is -2.35. The van der Waals surface area contributed by atoms with Crippen molar-refractivity contribution in [2.75, 3.05) is 39.3 Å². The molecule has 0 aromatic rings. The van der Waals surface area contributed by atoms with Gasteiger partial charge in [0.25, 0.3) is 0 Å². The Morgan fingerprint density at radius 3 is 2.37 bits per heavy atom. The smallest absolute Gasteiger partial charge is 0.247 e. The van der Waals surface area contributed by atoms with E-state index in [1.165, 1.54) is 0 Å². The van der Waals surface area contributed by atoms with E-state index in [2.05, 4.69) is 38.2 Å². The molecule has 5 atom stereocenters. The number of likely N-dealkylation sites (tertiary alicyclic amines) is 1. The molecule has 7 nitrogen and oxygen atoms in total. The Hall–Kier alpha value is -1.80. The first-order chi connectivity index (χ1) is 17.0. The Kier molecular flexibility index (Phi) is 8.63. The summed E-state index contributed by atoms with van der Waals surface area (Å²) >= 11 is 1.66. The lowest BCUT2D eigenvalue weighted by atomic mass is 9.78. The van der Waals surface area contributed by atoms with Crippen molar-refractivity contribution in [2.45, 2.75) is 74.8 Å². The van der Waals surface area contributed by atoms with Crippen molar-refractivity contribution in [1.82, 2.24) is 14.7 Å². The number of thioether (sulfide) groups is 1. The highest BCUT2D eigenvalue weighted by Crippen LogP contribution is 2.61. The van der Waals surface area contributed by atoms with E-state index in [4.69, 9.17) is 0 Å². The lowest BCUT2D eigenvalue weighted by Crippen LogP contribution is -2.53. The van der Waals surface area contributed by atoms with Crippen molar-refractivity contribution in [3.8, 4) is 0 Å². The third kappa shape index (κ3) is 4.80. The third-order valence-electron chi connectivity index (χ3n) is 7.91. The summed E-state index contributed by atoms with van der Waals surface area (Å²) in [6.07, 6.45) is 14.6. The molecule has 8 heteroatoms. The molecule has 4 aliphatic rings. The van der Waals surface area contributed by atoms with Crippen molar-refractivity contribution in [1.29, 1.82) is 0 Å². The average Bonchev–Trinajstić information content (AvgIpc) is 3.16. The second-order valence-corrected chi connectivity index (χ2v) is 11.8. The molecule has 0 bridgehead atoms. The quantitative estimate of drug-likeness (QED) is 0.346. The molecule has 0 aliphatic carbocycles. The summed E-state index contributed by atoms with van der Waals surface area (Å²) in [5, 5.41) is 9.10. The van der Waals surface area contributed by atoms with Gasteiger partial charge in [-0.25, -0.2) is 0 Å². The van der Waals surface area contributed by atoms with Crippen LogP contribution in [0.1, 0.15) is 58.8 Å². The number of rotatable bonds is 11. The number of unbranched alkanes of at least 4 members (excludes halogenated alkanes) is 4. The molecule has 4 heterocycles. The fraction of sp³-hybridized carbons (Fsp3) is 0.741. The molecule has 2 fully saturated rings. The van der Waals surface area contributed by atoms with Crippen LogP contribution in [0, 0.1) is 11.8 Å². The molecule has 194 valence electrons. The number of aliphatic hydroxyl groups excluding tert-OH is 1. The first-order valence-electron chi connectivity index (χ1n) is 13.5. The molecule has 1 spiro atoms. The molecular weight excluding hydrogens is 462 g/mol. The van der Waals surface area contributed by atoms with Crippen LogP contribution in [-0.2, 0) is 14.4 Å². The van der Waals surface area contributed by atoms with Crippen LogP contribution in [0.15, 0.2) is 24.3 Å². The van der Waals surface area contributed by atoms with E-state index in [0.717, 1.165) is 38.5 Å². The Balaban J connectivity index is 1.69. The number of carbonyl (C=O) groups excluding carboxylic acids is 3. The maximum Gasteiger partial charge on any atom is 0.247 e. The van der Waals surface area contributed by atoms with Crippen LogP contribution >= 0.6 is 11.8 Å². The number of fused-ring (bicyclic) bond motifs is 2. The van der Waals surface area contributed by atoms with Gasteiger partial charge in [0.05, 0.1) is 16.6 Å². The molecule has 3 amide bonds. The molecule has 0 saturated carbocycles. The van der Waals surface area contributed by atoms with Crippen LogP contribution in [0.3, 0.4) is 0 Å². The van der Waals surface area contributed by atoms with Crippen molar-refractivity contribution >= 4 is 29.5 Å². The predicted molar refractivity (Wildman–Crippen MR) is 139 cm³/mol. The second kappa shape index (κ2) is 11.5. The fourth-order valence-corrected chi connectivity index (χ4v) is 8.28. The van der Waals surface area contributed by atoms with Gasteiger partial charge in [-0.1, -0.05) is 51.0 Å². The van der Waals surface area contributed by atoms with Gasteiger partial charge in [-0.15, -0.1) is 11.8 Å². The van der Waals surface area contributed by atoms with Gasteiger partial charge in [0.1, 0.15) is 6.04 Å². The first-order valence-corrected chi connectivity index (χ1v) is 14.4. The van der Waals surface area contributed by atoms with Crippen LogP contribution in [0.2, 0.25) is 0 Å². The van der Waals surface area contributed by atoms with E-state index in [1.54, 1.807) is 16.7 Å². The molecule has 0 aromatic heterocycles. The zero-order chi connectivity index (χ0) is 25.0. The molecule has 0 radical (unpaired) electrons. The Morgan fingerprint density at radius 2 is 1.63 bits per heavy atom. The number of carbonyl (C=O) groups is 3. The monoisotopic (exact) mass is 503 g/mol. The van der Waals surface area contributed by atoms with E-state index >= 15 is 0 Å². The normalized spacial score (nSPS) is 32.1. The summed E-state index contributed by atoms with van der Waals surface area (Å²) in [5.74, 6) is -0.935. The number of hydrogen-bond donors (Lipinski definition) is 1. The summed E-state index contributed by atoms with van der Waals surface area (Å²) in [5.41, 5.74) is 0. The van der Waals surface area contributed by atoms with Crippen molar-refractivity contribution < 1.29 is 19.5 Å². The standard InChI is InChI=1S/C27H41N3O4S/c1-3-5-7-15-29-17-11-13-27-22(21-20(35-27)12-10-16-28(14-4-2)24(21)32)25(33)30(23(27)26(29)34)18-8-6-9-19-31/h10-13,20-23,31H,3-9,14-19H2,1-2H3/t20-,21+,22+,23?,27+/m1/s1. The topological polar surface area (TPSA) is 81.2 Å². The highest BCUT2D eigenvalue weighted by atomic mass is 32.2. The molecular formula is C27H41N3O4S. The number of nitrogens with zero attached hydrogens (tertiary/aromatic N) is 3. The highest BCUT2D eigenvalue weighted by molar-refractivity contribution is 8.02. The van der Waals surface area contributed by atoms with Gasteiger partial charge in [-0.2, -0.15) is 0 Å². The van der Waals surface area contributed by atoms with E-state index in [-0.39, 0.29) is 29.6 Å². The summed E-state index contributed by atoms with van der Waals surface area (Å²) < 4.78 is -0.713. The maximum atomic E-state index is 14.1. The van der Waals surface area contributed by atoms with Crippen LogP contribution in [0.5, 0.6) is 0 Å². The fourth-order valence-electron chi connectivity index (χ4n) is 6.27. The zero-order valence-corrected chi connectivity index (χ0v) is 22.0. The largest absolute Gasteiger partial charge is 0.396 e. The molecule has 4 aliphatic heterocycles. The first kappa shape index (κ1) is 26.3. The molecule has 1 unspecified atom stereocenters. The zero-order valence-electron chi connectivity index (χ0n) is 21.2. The summed E-state index contributed by atoms with van der Waals surface area (Å²) in [6, 6.07) is -0.577. The van der Waals surface area contributed by atoms with Gasteiger partial charge >= 0.3 is 0 Å². The van der Waals surface area contributed by atoms with E-state index in [9.17, 15) is 19.5 Å². The van der Waals surface area contributed by atoms with E-state index in [1.807, 2.05) is 9.80 Å². The number of aliphatic hydroxyl groups is 1. The van der Waals surface area contributed by atoms with E-state index in [0.29, 0.717) is 39.1 Å². The number of amides is 3. The molecule has 35 heavy (non-hydrogen) atoms. The van der Waals surface area contributed by atoms with Gasteiger partial charge in [0.15, 0.2) is 0 Å². The Morgan fingerprint density at radius 1 is 0.886 bits per heavy atom. The average molecular weight is 504 g/mol. The lowest BCUT2D eigenvalue weighted by molar-refractivity contribution is -0.144. The SMILES string of the molecule is CCCCCN1CC=C[C@]23S[C@@H]4C=CCN(CCC)C(=O)[C@@H]4[C@H]2C(=O)N(CCCCCO)C3C1=O. The van der Waals surface area contributed by atoms with Gasteiger partial charge < -0.3 is 19.8 Å². The Labute approximate surface area is 214 Å². The van der Waals surface area contributed by atoms with E-state index < -0.39 is 22.6 Å². The van der Waals surface area contributed by atoms with Crippen LogP contribution < -0.4 is 0 Å². The van der Waals surface area contributed by atoms with Crippen LogP contribution in [0.4, 0.5) is 0 Å². The Bertz CT molecular complexity index is 861. The minimum atomic E-state index is -0.713. The molecule has 1 N–H and O–H groups in total. The third-order valence-corrected chi connectivity index (χ3v) is 9.65. The van der Waals surface area contributed by atoms with Crippen molar-refractivity contribution in [3.05, 3.63) is 24.3 Å². The summed E-state index contributed by atoms with van der Waals surface area (Å²) in [6.45, 7) is 7.36. The van der Waals surface area contributed by atoms with Gasteiger partial charge in [-0.3, -0.25) is 14.4 Å². The van der Waals surface area contributed by atoms with Gasteiger partial charge in [0.2, 0.25) is 17.7 Å². The minimum Gasteiger partial charge on any atom is -0.396 e. The van der Waals surface area contributed by atoms with Crippen molar-refractivity contribution in [3.63, 3.8) is 0 Å². The van der Waals surface area contributed by atoms with Gasteiger partial charge in [-0.05, 0) is 32.1 Å². The maximum absolute atomic E-state index is 14.1. The van der Waals surface area contributed by atoms with Crippen LogP contribution in [-0.4, -0.2) is 92.9 Å². The predicted octanol–water partition coefficient (Wildman–Crippen LogP) is 2.84. The number of hydrogen-bond acceptors (Lipinski definition) is 5. The summed E-state index contributed by atoms with van der Waals surface area (Å²) in [4.78, 5) is 47.5. The van der Waals surface area contributed by atoms with Gasteiger partial charge in [0, 0.05) is 44.6 Å². The molecule has 2 saturated heterocycles. The van der Waals surface area contributed by atoms with Crippen molar-refractivity contribution in [2.24, 2.45) is 11.8 Å². The molecule has 4 rings (SSSR count). The highest BCUT2D eigenvalue weighted by Gasteiger charge is 2.70. The summed E-state index contributed by atoms with van der Waals surface area (Å²) in [7, 11) is 0. The minimum absolute atomic E-state index is 0.0231.